The summed E-state index contributed by atoms with van der Waals surface area (Å²) < 4.78 is 39.6. The van der Waals surface area contributed by atoms with Crippen LogP contribution in [0.3, 0.4) is 0 Å². The molecule has 1 N–H and O–H groups in total. The number of rotatable bonds is 3. The molecule has 1 aromatic carbocycles. The normalized spacial score (nSPS) is 11.4. The Bertz CT molecular complexity index is 818. The molecule has 21 heavy (non-hydrogen) atoms. The van der Waals surface area contributed by atoms with E-state index in [2.05, 4.69) is 4.98 Å². The third-order valence-corrected chi connectivity index (χ3v) is 5.40. The van der Waals surface area contributed by atoms with E-state index in [9.17, 15) is 17.6 Å². The van der Waals surface area contributed by atoms with Crippen molar-refractivity contribution in [2.75, 3.05) is 0 Å². The number of amides is 1. The van der Waals surface area contributed by atoms with Gasteiger partial charge in [-0.05, 0) is 31.5 Å². The highest BCUT2D eigenvalue weighted by atomic mass is 35.5. The number of benzene rings is 1. The Labute approximate surface area is 129 Å². The van der Waals surface area contributed by atoms with Crippen molar-refractivity contribution in [1.82, 2.24) is 9.71 Å². The SMILES string of the molecule is Cc1cc(S(=O)(=O)NC(=O)c2scnc2C)c(Cl)cc1F. The minimum Gasteiger partial charge on any atom is -0.267 e. The number of nitrogens with one attached hydrogen (secondary N) is 1. The summed E-state index contributed by atoms with van der Waals surface area (Å²) in [5.74, 6) is -1.42. The minimum atomic E-state index is -4.19. The fourth-order valence-corrected chi connectivity index (χ4v) is 3.90. The molecule has 112 valence electrons. The Morgan fingerprint density at radius 2 is 2.05 bits per heavy atom. The number of halogens is 2. The average Bonchev–Trinajstić information content (AvgIpc) is 2.79. The monoisotopic (exact) mass is 348 g/mol. The van der Waals surface area contributed by atoms with Crippen LogP contribution in [0.15, 0.2) is 22.5 Å². The van der Waals surface area contributed by atoms with E-state index in [1.807, 2.05) is 4.72 Å². The average molecular weight is 349 g/mol. The van der Waals surface area contributed by atoms with Gasteiger partial charge in [-0.15, -0.1) is 11.3 Å². The van der Waals surface area contributed by atoms with E-state index in [0.717, 1.165) is 23.5 Å². The molecule has 0 aliphatic carbocycles. The van der Waals surface area contributed by atoms with Crippen LogP contribution in [-0.4, -0.2) is 19.3 Å². The molecule has 1 amide bonds. The van der Waals surface area contributed by atoms with Crippen molar-refractivity contribution in [3.63, 3.8) is 0 Å². The van der Waals surface area contributed by atoms with Crippen molar-refractivity contribution in [3.8, 4) is 0 Å². The molecular weight excluding hydrogens is 339 g/mol. The van der Waals surface area contributed by atoms with Gasteiger partial charge in [0.2, 0.25) is 0 Å². The number of carbonyl (C=O) groups excluding carboxylic acids is 1. The highest BCUT2D eigenvalue weighted by Crippen LogP contribution is 2.25. The fourth-order valence-electron chi connectivity index (χ4n) is 1.58. The van der Waals surface area contributed by atoms with Gasteiger partial charge < -0.3 is 0 Å². The summed E-state index contributed by atoms with van der Waals surface area (Å²) in [5, 5.41) is -0.292. The molecule has 1 aromatic heterocycles. The molecule has 0 fully saturated rings. The smallest absolute Gasteiger partial charge is 0.267 e. The van der Waals surface area contributed by atoms with Crippen molar-refractivity contribution < 1.29 is 17.6 Å². The van der Waals surface area contributed by atoms with Crippen LogP contribution in [0.25, 0.3) is 0 Å². The zero-order chi connectivity index (χ0) is 15.8. The third-order valence-electron chi connectivity index (χ3n) is 2.68. The van der Waals surface area contributed by atoms with Crippen LogP contribution in [0.5, 0.6) is 0 Å². The highest BCUT2D eigenvalue weighted by molar-refractivity contribution is 7.90. The first kappa shape index (κ1) is 15.9. The first-order chi connectivity index (χ1) is 9.72. The molecule has 0 radical (unpaired) electrons. The molecule has 0 aliphatic heterocycles. The van der Waals surface area contributed by atoms with Gasteiger partial charge >= 0.3 is 0 Å². The van der Waals surface area contributed by atoms with Crippen molar-refractivity contribution >= 4 is 38.9 Å². The Balaban J connectivity index is 2.38. The van der Waals surface area contributed by atoms with Gasteiger partial charge in [-0.3, -0.25) is 4.79 Å². The van der Waals surface area contributed by atoms with Crippen LogP contribution < -0.4 is 4.72 Å². The van der Waals surface area contributed by atoms with Crippen molar-refractivity contribution in [1.29, 1.82) is 0 Å². The first-order valence-electron chi connectivity index (χ1n) is 5.65. The molecular formula is C12H10ClFN2O3S2. The van der Waals surface area contributed by atoms with Crippen LogP contribution in [0.2, 0.25) is 5.02 Å². The predicted octanol–water partition coefficient (Wildman–Crippen LogP) is 2.67. The van der Waals surface area contributed by atoms with E-state index >= 15 is 0 Å². The van der Waals surface area contributed by atoms with Gasteiger partial charge in [0.15, 0.2) is 0 Å². The second kappa shape index (κ2) is 5.70. The topological polar surface area (TPSA) is 76.1 Å². The third kappa shape index (κ3) is 3.22. The number of aryl methyl sites for hydroxylation is 2. The number of sulfonamides is 1. The van der Waals surface area contributed by atoms with Crippen LogP contribution in [0.1, 0.15) is 20.9 Å². The number of hydrogen-bond donors (Lipinski definition) is 1. The van der Waals surface area contributed by atoms with Crippen LogP contribution in [-0.2, 0) is 10.0 Å². The lowest BCUT2D eigenvalue weighted by molar-refractivity contribution is 0.0984. The Morgan fingerprint density at radius 1 is 1.38 bits per heavy atom. The maximum absolute atomic E-state index is 13.3. The second-order valence-corrected chi connectivity index (χ2v) is 7.15. The zero-order valence-electron chi connectivity index (χ0n) is 11.0. The van der Waals surface area contributed by atoms with Crippen LogP contribution >= 0.6 is 22.9 Å². The lowest BCUT2D eigenvalue weighted by Crippen LogP contribution is -2.30. The molecule has 5 nitrogen and oxygen atoms in total. The summed E-state index contributed by atoms with van der Waals surface area (Å²) in [6.07, 6.45) is 0. The minimum absolute atomic E-state index is 0.112. The zero-order valence-corrected chi connectivity index (χ0v) is 13.4. The second-order valence-electron chi connectivity index (χ2n) is 4.23. The van der Waals surface area contributed by atoms with E-state index in [1.165, 1.54) is 12.4 Å². The Hall–Kier alpha value is -1.51. The molecule has 1 heterocycles. The molecule has 0 saturated heterocycles. The molecule has 0 bridgehead atoms. The molecule has 0 unspecified atom stereocenters. The van der Waals surface area contributed by atoms with Gasteiger partial charge in [0.25, 0.3) is 15.9 Å². The maximum Gasteiger partial charge on any atom is 0.276 e. The van der Waals surface area contributed by atoms with Gasteiger partial charge in [-0.25, -0.2) is 22.5 Å². The largest absolute Gasteiger partial charge is 0.276 e. The highest BCUT2D eigenvalue weighted by Gasteiger charge is 2.24. The van der Waals surface area contributed by atoms with E-state index in [0.29, 0.717) is 5.69 Å². The molecule has 2 rings (SSSR count). The molecule has 2 aromatic rings. The van der Waals surface area contributed by atoms with Crippen molar-refractivity contribution in [3.05, 3.63) is 44.6 Å². The van der Waals surface area contributed by atoms with E-state index < -0.39 is 21.7 Å². The maximum atomic E-state index is 13.3. The van der Waals surface area contributed by atoms with Crippen molar-refractivity contribution in [2.24, 2.45) is 0 Å². The molecule has 0 aliphatic rings. The number of carbonyl (C=O) groups is 1. The number of aromatic nitrogens is 1. The van der Waals surface area contributed by atoms with Gasteiger partial charge in [-0.1, -0.05) is 11.6 Å². The summed E-state index contributed by atoms with van der Waals surface area (Å²) in [7, 11) is -4.19. The summed E-state index contributed by atoms with van der Waals surface area (Å²) in [6.45, 7) is 2.99. The van der Waals surface area contributed by atoms with Gasteiger partial charge in [0.05, 0.1) is 16.2 Å². The molecule has 0 saturated carbocycles. The molecule has 0 atom stereocenters. The first-order valence-corrected chi connectivity index (χ1v) is 8.39. The molecule has 9 heteroatoms. The molecule has 0 spiro atoms. The lowest BCUT2D eigenvalue weighted by atomic mass is 10.2. The van der Waals surface area contributed by atoms with Gasteiger partial charge in [-0.2, -0.15) is 0 Å². The number of nitrogens with zero attached hydrogens (tertiary/aromatic N) is 1. The van der Waals surface area contributed by atoms with Crippen LogP contribution in [0, 0.1) is 19.7 Å². The van der Waals surface area contributed by atoms with E-state index in [-0.39, 0.29) is 20.4 Å². The summed E-state index contributed by atoms with van der Waals surface area (Å²) in [5.41, 5.74) is 1.97. The quantitative estimate of drug-likeness (QED) is 0.925. The van der Waals surface area contributed by atoms with E-state index in [1.54, 1.807) is 6.92 Å². The Morgan fingerprint density at radius 3 is 2.62 bits per heavy atom. The van der Waals surface area contributed by atoms with Crippen molar-refractivity contribution in [2.45, 2.75) is 18.7 Å². The summed E-state index contributed by atoms with van der Waals surface area (Å²) >= 11 is 6.77. The summed E-state index contributed by atoms with van der Waals surface area (Å²) in [4.78, 5) is 15.7. The van der Waals surface area contributed by atoms with E-state index in [4.69, 9.17) is 11.6 Å². The summed E-state index contributed by atoms with van der Waals surface area (Å²) in [6, 6.07) is 1.97. The Kier molecular flexibility index (Phi) is 4.31. The van der Waals surface area contributed by atoms with Crippen LogP contribution in [0.4, 0.5) is 4.39 Å². The fraction of sp³-hybridized carbons (Fsp3) is 0.167. The standard InChI is InChI=1S/C12H10ClFN2O3S2/c1-6-3-10(8(13)4-9(6)14)21(18,19)16-12(17)11-7(2)15-5-20-11/h3-5H,1-2H3,(H,16,17). The van der Waals surface area contributed by atoms with Gasteiger partial charge in [0, 0.05) is 0 Å². The number of hydrogen-bond acceptors (Lipinski definition) is 5. The van der Waals surface area contributed by atoms with Gasteiger partial charge in [0.1, 0.15) is 15.6 Å². The predicted molar refractivity (Wildman–Crippen MR) is 77.7 cm³/mol. The number of thiazole rings is 1. The lowest BCUT2D eigenvalue weighted by Gasteiger charge is -2.09.